The number of ether oxygens (including phenoxy) is 3. The van der Waals surface area contributed by atoms with Crippen LogP contribution in [-0.2, 0) is 4.74 Å². The van der Waals surface area contributed by atoms with Gasteiger partial charge in [0.1, 0.15) is 30.3 Å². The summed E-state index contributed by atoms with van der Waals surface area (Å²) in [6.45, 7) is -0.0821. The molecule has 0 aliphatic carbocycles. The summed E-state index contributed by atoms with van der Waals surface area (Å²) in [5.74, 6) is -0.899. The van der Waals surface area contributed by atoms with Crippen molar-refractivity contribution in [1.82, 2.24) is 0 Å². The first-order chi connectivity index (χ1) is 10.6. The lowest BCUT2D eigenvalue weighted by atomic mass is 10.2. The van der Waals surface area contributed by atoms with Crippen molar-refractivity contribution < 1.29 is 28.5 Å². The number of carbonyl (C=O) groups excluding carboxylic acids is 1. The Balaban J connectivity index is 1.87. The summed E-state index contributed by atoms with van der Waals surface area (Å²) in [4.78, 5) is 11.8. The summed E-state index contributed by atoms with van der Waals surface area (Å²) in [7, 11) is 1.45. The van der Waals surface area contributed by atoms with Gasteiger partial charge in [0.15, 0.2) is 11.6 Å². The monoisotopic (exact) mass is 306 g/mol. The first-order valence-electron chi connectivity index (χ1n) is 6.53. The SMILES string of the molecule is COc1ccc(O)c(C(=O)OCCOc2ccccc2F)c1. The fraction of sp³-hybridized carbons (Fsp3) is 0.188. The second kappa shape index (κ2) is 7.31. The van der Waals surface area contributed by atoms with Crippen LogP contribution in [0.4, 0.5) is 4.39 Å². The van der Waals surface area contributed by atoms with Gasteiger partial charge in [-0.1, -0.05) is 12.1 Å². The molecule has 0 radical (unpaired) electrons. The molecule has 1 N–H and O–H groups in total. The molecule has 2 rings (SSSR count). The Morgan fingerprint density at radius 2 is 1.95 bits per heavy atom. The molecular weight excluding hydrogens is 291 g/mol. The predicted octanol–water partition coefficient (Wildman–Crippen LogP) is 2.78. The molecule has 0 unspecified atom stereocenters. The van der Waals surface area contributed by atoms with Crippen LogP contribution in [0.15, 0.2) is 42.5 Å². The van der Waals surface area contributed by atoms with Crippen molar-refractivity contribution in [3.8, 4) is 17.2 Å². The van der Waals surface area contributed by atoms with Gasteiger partial charge in [0.05, 0.1) is 7.11 Å². The van der Waals surface area contributed by atoms with Gasteiger partial charge in [-0.3, -0.25) is 0 Å². The average Bonchev–Trinajstić information content (AvgIpc) is 2.53. The standard InChI is InChI=1S/C16H15FO5/c1-20-11-6-7-14(18)12(10-11)16(19)22-9-8-21-15-5-3-2-4-13(15)17/h2-7,10,18H,8-9H2,1H3. The third-order valence-corrected chi connectivity index (χ3v) is 2.83. The Hall–Kier alpha value is -2.76. The van der Waals surface area contributed by atoms with Crippen molar-refractivity contribution in [3.05, 3.63) is 53.8 Å². The highest BCUT2D eigenvalue weighted by Crippen LogP contribution is 2.23. The fourth-order valence-electron chi connectivity index (χ4n) is 1.73. The van der Waals surface area contributed by atoms with Gasteiger partial charge >= 0.3 is 5.97 Å². The number of para-hydroxylation sites is 1. The summed E-state index contributed by atoms with van der Waals surface area (Å²) >= 11 is 0. The second-order valence-corrected chi connectivity index (χ2v) is 4.30. The van der Waals surface area contributed by atoms with E-state index in [1.54, 1.807) is 12.1 Å². The topological polar surface area (TPSA) is 65.0 Å². The molecule has 0 saturated carbocycles. The number of halogens is 1. The highest BCUT2D eigenvalue weighted by molar-refractivity contribution is 5.92. The van der Waals surface area contributed by atoms with Crippen molar-refractivity contribution in [2.45, 2.75) is 0 Å². The van der Waals surface area contributed by atoms with E-state index in [0.717, 1.165) is 0 Å². The van der Waals surface area contributed by atoms with Gasteiger partial charge in [0, 0.05) is 0 Å². The minimum Gasteiger partial charge on any atom is -0.507 e. The summed E-state index contributed by atoms with van der Waals surface area (Å²) < 4.78 is 28.4. The van der Waals surface area contributed by atoms with E-state index in [1.165, 1.54) is 37.4 Å². The van der Waals surface area contributed by atoms with Gasteiger partial charge in [-0.25, -0.2) is 9.18 Å². The fourth-order valence-corrected chi connectivity index (χ4v) is 1.73. The van der Waals surface area contributed by atoms with E-state index in [4.69, 9.17) is 14.2 Å². The zero-order valence-electron chi connectivity index (χ0n) is 11.9. The average molecular weight is 306 g/mol. The molecule has 0 aromatic heterocycles. The van der Waals surface area contributed by atoms with E-state index in [-0.39, 0.29) is 30.3 Å². The Labute approximate surface area is 126 Å². The van der Waals surface area contributed by atoms with E-state index in [2.05, 4.69) is 0 Å². The first kappa shape index (κ1) is 15.6. The van der Waals surface area contributed by atoms with E-state index in [1.807, 2.05) is 0 Å². The number of aromatic hydroxyl groups is 1. The van der Waals surface area contributed by atoms with Crippen molar-refractivity contribution in [3.63, 3.8) is 0 Å². The number of hydrogen-bond acceptors (Lipinski definition) is 5. The lowest BCUT2D eigenvalue weighted by Crippen LogP contribution is -2.13. The molecule has 2 aromatic carbocycles. The van der Waals surface area contributed by atoms with Crippen LogP contribution in [0, 0.1) is 5.82 Å². The highest BCUT2D eigenvalue weighted by Gasteiger charge is 2.14. The quantitative estimate of drug-likeness (QED) is 0.656. The zero-order valence-corrected chi connectivity index (χ0v) is 11.9. The summed E-state index contributed by atoms with van der Waals surface area (Å²) in [5, 5.41) is 9.63. The molecule has 0 spiro atoms. The Kier molecular flexibility index (Phi) is 5.19. The summed E-state index contributed by atoms with van der Waals surface area (Å²) in [6.07, 6.45) is 0. The van der Waals surface area contributed by atoms with Crippen LogP contribution in [0.25, 0.3) is 0 Å². The van der Waals surface area contributed by atoms with Crippen LogP contribution in [-0.4, -0.2) is 31.4 Å². The van der Waals surface area contributed by atoms with E-state index in [0.29, 0.717) is 5.75 Å². The van der Waals surface area contributed by atoms with E-state index >= 15 is 0 Å². The largest absolute Gasteiger partial charge is 0.507 e. The smallest absolute Gasteiger partial charge is 0.342 e. The number of hydrogen-bond donors (Lipinski definition) is 1. The maximum Gasteiger partial charge on any atom is 0.342 e. The molecule has 0 fully saturated rings. The van der Waals surface area contributed by atoms with Crippen molar-refractivity contribution in [1.29, 1.82) is 0 Å². The Morgan fingerprint density at radius 3 is 2.68 bits per heavy atom. The first-order valence-corrected chi connectivity index (χ1v) is 6.53. The van der Waals surface area contributed by atoms with Gasteiger partial charge in [-0.2, -0.15) is 0 Å². The Bertz CT molecular complexity index is 657. The molecule has 0 bridgehead atoms. The normalized spacial score (nSPS) is 10.1. The molecule has 0 aliphatic heterocycles. The van der Waals surface area contributed by atoms with Crippen LogP contribution < -0.4 is 9.47 Å². The van der Waals surface area contributed by atoms with Crippen LogP contribution in [0.1, 0.15) is 10.4 Å². The van der Waals surface area contributed by atoms with Gasteiger partial charge in [-0.15, -0.1) is 0 Å². The third kappa shape index (κ3) is 3.88. The number of phenols is 1. The number of esters is 1. The maximum atomic E-state index is 13.3. The molecule has 116 valence electrons. The Morgan fingerprint density at radius 1 is 1.18 bits per heavy atom. The zero-order chi connectivity index (χ0) is 15.9. The molecule has 5 nitrogen and oxygen atoms in total. The molecule has 2 aromatic rings. The summed E-state index contributed by atoms with van der Waals surface area (Å²) in [6, 6.07) is 10.2. The predicted molar refractivity (Wildman–Crippen MR) is 76.8 cm³/mol. The molecular formula is C16H15FO5. The number of methoxy groups -OCH3 is 1. The van der Waals surface area contributed by atoms with Crippen molar-refractivity contribution >= 4 is 5.97 Å². The molecule has 0 atom stereocenters. The lowest BCUT2D eigenvalue weighted by molar-refractivity contribution is 0.0445. The molecule has 22 heavy (non-hydrogen) atoms. The van der Waals surface area contributed by atoms with Crippen LogP contribution in [0.2, 0.25) is 0 Å². The molecule has 0 amide bonds. The van der Waals surface area contributed by atoms with Crippen molar-refractivity contribution in [2.24, 2.45) is 0 Å². The van der Waals surface area contributed by atoms with Gasteiger partial charge in [0.2, 0.25) is 0 Å². The van der Waals surface area contributed by atoms with Gasteiger partial charge < -0.3 is 19.3 Å². The van der Waals surface area contributed by atoms with E-state index in [9.17, 15) is 14.3 Å². The molecule has 0 aliphatic rings. The number of rotatable bonds is 6. The minimum atomic E-state index is -0.714. The molecule has 0 saturated heterocycles. The number of phenolic OH excluding ortho intramolecular Hbond substituents is 1. The summed E-state index contributed by atoms with van der Waals surface area (Å²) in [5.41, 5.74) is -0.00904. The second-order valence-electron chi connectivity index (χ2n) is 4.30. The van der Waals surface area contributed by atoms with Crippen molar-refractivity contribution in [2.75, 3.05) is 20.3 Å². The maximum absolute atomic E-state index is 13.3. The highest BCUT2D eigenvalue weighted by atomic mass is 19.1. The van der Waals surface area contributed by atoms with Gasteiger partial charge in [0.25, 0.3) is 0 Å². The van der Waals surface area contributed by atoms with Gasteiger partial charge in [-0.05, 0) is 30.3 Å². The number of carbonyl (C=O) groups is 1. The number of benzene rings is 2. The van der Waals surface area contributed by atoms with E-state index < -0.39 is 11.8 Å². The third-order valence-electron chi connectivity index (χ3n) is 2.83. The molecule has 6 heteroatoms. The molecule has 0 heterocycles. The van der Waals surface area contributed by atoms with Crippen LogP contribution in [0.3, 0.4) is 0 Å². The lowest BCUT2D eigenvalue weighted by Gasteiger charge is -2.09. The van der Waals surface area contributed by atoms with Crippen LogP contribution >= 0.6 is 0 Å². The minimum absolute atomic E-state index is 0.00258. The van der Waals surface area contributed by atoms with Crippen LogP contribution in [0.5, 0.6) is 17.2 Å².